The smallest absolute Gasteiger partial charge is 0.291 e. The zero-order valence-electron chi connectivity index (χ0n) is 10.8. The van der Waals surface area contributed by atoms with Gasteiger partial charge in [-0.2, -0.15) is 0 Å². The molecule has 0 N–H and O–H groups in total. The van der Waals surface area contributed by atoms with Gasteiger partial charge in [0.1, 0.15) is 10.7 Å². The Morgan fingerprint density at radius 1 is 1.37 bits per heavy atom. The molecule has 1 aromatic carbocycles. The highest BCUT2D eigenvalue weighted by Gasteiger charge is 2.26. The van der Waals surface area contributed by atoms with Gasteiger partial charge in [-0.15, -0.1) is 0 Å². The van der Waals surface area contributed by atoms with Gasteiger partial charge in [0.2, 0.25) is 0 Å². The van der Waals surface area contributed by atoms with Crippen LogP contribution >= 0.6 is 0 Å². The number of carbonyl (C=O) groups excluding carboxylic acids is 1. The van der Waals surface area contributed by atoms with E-state index in [1.807, 2.05) is 6.92 Å². The molecule has 0 unspecified atom stereocenters. The SMILES string of the molecule is CCCC(=O)Cc1cccc(S(C)(=O)=O)c1[N+](=O)[O-]. The van der Waals surface area contributed by atoms with E-state index in [9.17, 15) is 23.3 Å². The zero-order valence-corrected chi connectivity index (χ0v) is 11.6. The second kappa shape index (κ2) is 5.92. The Kier molecular flexibility index (Phi) is 4.77. The van der Waals surface area contributed by atoms with Crippen molar-refractivity contribution in [3.63, 3.8) is 0 Å². The number of hydrogen-bond donors (Lipinski definition) is 0. The van der Waals surface area contributed by atoms with Crippen molar-refractivity contribution in [1.29, 1.82) is 0 Å². The molecule has 0 atom stereocenters. The lowest BCUT2D eigenvalue weighted by atomic mass is 10.0. The first-order valence-electron chi connectivity index (χ1n) is 5.75. The van der Waals surface area contributed by atoms with E-state index in [1.54, 1.807) is 0 Å². The minimum Gasteiger partial charge on any atom is -0.299 e. The lowest BCUT2D eigenvalue weighted by Gasteiger charge is -2.06. The van der Waals surface area contributed by atoms with Crippen molar-refractivity contribution in [2.24, 2.45) is 0 Å². The molecule has 0 aliphatic rings. The predicted molar refractivity (Wildman–Crippen MR) is 69.8 cm³/mol. The molecule has 0 aliphatic heterocycles. The third-order valence-electron chi connectivity index (χ3n) is 2.58. The number of rotatable bonds is 6. The van der Waals surface area contributed by atoms with E-state index in [2.05, 4.69) is 0 Å². The summed E-state index contributed by atoms with van der Waals surface area (Å²) in [5, 5.41) is 11.1. The standard InChI is InChI=1S/C12H15NO5S/c1-3-5-10(14)8-9-6-4-7-11(19(2,17)18)12(9)13(15)16/h4,6-7H,3,5,8H2,1-2H3. The van der Waals surface area contributed by atoms with Crippen LogP contribution < -0.4 is 0 Å². The van der Waals surface area contributed by atoms with E-state index < -0.39 is 20.4 Å². The highest BCUT2D eigenvalue weighted by Crippen LogP contribution is 2.28. The summed E-state index contributed by atoms with van der Waals surface area (Å²) in [4.78, 5) is 21.5. The molecule has 0 aliphatic carbocycles. The molecule has 7 heteroatoms. The summed E-state index contributed by atoms with van der Waals surface area (Å²) < 4.78 is 23.1. The van der Waals surface area contributed by atoms with Crippen LogP contribution in [0.5, 0.6) is 0 Å². The van der Waals surface area contributed by atoms with Crippen molar-refractivity contribution >= 4 is 21.3 Å². The number of nitro benzene ring substituents is 1. The molecule has 0 aromatic heterocycles. The summed E-state index contributed by atoms with van der Waals surface area (Å²) >= 11 is 0. The van der Waals surface area contributed by atoms with Crippen LogP contribution in [0.4, 0.5) is 5.69 Å². The monoisotopic (exact) mass is 285 g/mol. The lowest BCUT2D eigenvalue weighted by Crippen LogP contribution is -2.09. The minimum absolute atomic E-state index is 0.118. The lowest BCUT2D eigenvalue weighted by molar-refractivity contribution is -0.388. The number of nitro groups is 1. The van der Waals surface area contributed by atoms with Crippen LogP contribution in [0.3, 0.4) is 0 Å². The maximum atomic E-state index is 11.6. The molecule has 19 heavy (non-hydrogen) atoms. The Hall–Kier alpha value is -1.76. The molecule has 0 heterocycles. The molecule has 0 fully saturated rings. The van der Waals surface area contributed by atoms with Crippen LogP contribution in [0.25, 0.3) is 0 Å². The fraction of sp³-hybridized carbons (Fsp3) is 0.417. The van der Waals surface area contributed by atoms with Crippen LogP contribution in [-0.4, -0.2) is 25.4 Å². The number of carbonyl (C=O) groups is 1. The molecule has 1 aromatic rings. The van der Waals surface area contributed by atoms with Crippen LogP contribution in [0.1, 0.15) is 25.3 Å². The van der Waals surface area contributed by atoms with Gasteiger partial charge in [0, 0.05) is 24.7 Å². The number of benzene rings is 1. The third kappa shape index (κ3) is 3.85. The zero-order chi connectivity index (χ0) is 14.6. The molecule has 0 saturated heterocycles. The number of hydrogen-bond acceptors (Lipinski definition) is 5. The normalized spacial score (nSPS) is 11.3. The van der Waals surface area contributed by atoms with Crippen LogP contribution in [-0.2, 0) is 21.1 Å². The fourth-order valence-electron chi connectivity index (χ4n) is 1.80. The number of sulfone groups is 1. The number of Topliss-reactive ketones (excluding diaryl/α,β-unsaturated/α-hetero) is 1. The second-order valence-electron chi connectivity index (χ2n) is 4.26. The summed E-state index contributed by atoms with van der Waals surface area (Å²) in [5.74, 6) is -0.142. The first kappa shape index (κ1) is 15.3. The van der Waals surface area contributed by atoms with Crippen molar-refractivity contribution in [3.8, 4) is 0 Å². The number of ketones is 1. The Labute approximate surface area is 111 Å². The first-order chi connectivity index (χ1) is 8.77. The average molecular weight is 285 g/mol. The molecular formula is C12H15NO5S. The van der Waals surface area contributed by atoms with E-state index >= 15 is 0 Å². The second-order valence-corrected chi connectivity index (χ2v) is 6.24. The Balaban J connectivity index is 3.34. The van der Waals surface area contributed by atoms with Crippen LogP contribution in [0.15, 0.2) is 23.1 Å². The predicted octanol–water partition coefficient (Wildman–Crippen LogP) is 1.91. The van der Waals surface area contributed by atoms with Crippen LogP contribution in [0.2, 0.25) is 0 Å². The van der Waals surface area contributed by atoms with Gasteiger partial charge in [-0.3, -0.25) is 14.9 Å². The van der Waals surface area contributed by atoms with E-state index in [0.717, 1.165) is 6.26 Å². The number of nitrogens with zero attached hydrogens (tertiary/aromatic N) is 1. The highest BCUT2D eigenvalue weighted by atomic mass is 32.2. The maximum absolute atomic E-state index is 11.6. The van der Waals surface area contributed by atoms with Gasteiger partial charge in [-0.25, -0.2) is 8.42 Å². The summed E-state index contributed by atoms with van der Waals surface area (Å²) in [6.45, 7) is 1.83. The van der Waals surface area contributed by atoms with Gasteiger partial charge in [-0.1, -0.05) is 19.1 Å². The van der Waals surface area contributed by atoms with Gasteiger partial charge >= 0.3 is 0 Å². The van der Waals surface area contributed by atoms with Crippen molar-refractivity contribution < 1.29 is 18.1 Å². The summed E-state index contributed by atoms with van der Waals surface area (Å²) in [7, 11) is -3.70. The Bertz CT molecular complexity index is 607. The topological polar surface area (TPSA) is 94.3 Å². The van der Waals surface area contributed by atoms with Gasteiger partial charge in [0.25, 0.3) is 5.69 Å². The van der Waals surface area contributed by atoms with E-state index in [1.165, 1.54) is 18.2 Å². The molecule has 0 amide bonds. The Morgan fingerprint density at radius 2 is 2.00 bits per heavy atom. The van der Waals surface area contributed by atoms with Crippen molar-refractivity contribution in [2.75, 3.05) is 6.26 Å². The largest absolute Gasteiger partial charge is 0.299 e. The van der Waals surface area contributed by atoms with Gasteiger partial charge < -0.3 is 0 Å². The van der Waals surface area contributed by atoms with Crippen LogP contribution in [0, 0.1) is 10.1 Å². The molecule has 0 bridgehead atoms. The fourth-order valence-corrected chi connectivity index (χ4v) is 2.68. The average Bonchev–Trinajstić information content (AvgIpc) is 2.27. The minimum atomic E-state index is -3.70. The molecule has 0 saturated carbocycles. The van der Waals surface area contributed by atoms with Gasteiger partial charge in [-0.05, 0) is 12.5 Å². The maximum Gasteiger partial charge on any atom is 0.291 e. The van der Waals surface area contributed by atoms with Crippen molar-refractivity contribution in [1.82, 2.24) is 0 Å². The molecule has 0 spiro atoms. The van der Waals surface area contributed by atoms with Gasteiger partial charge in [0.05, 0.1) is 4.92 Å². The molecule has 0 radical (unpaired) electrons. The third-order valence-corrected chi connectivity index (χ3v) is 3.71. The van der Waals surface area contributed by atoms with Gasteiger partial charge in [0.15, 0.2) is 9.84 Å². The molecule has 6 nitrogen and oxygen atoms in total. The first-order valence-corrected chi connectivity index (χ1v) is 7.64. The Morgan fingerprint density at radius 3 is 2.47 bits per heavy atom. The molecule has 104 valence electrons. The summed E-state index contributed by atoms with van der Waals surface area (Å²) in [6, 6.07) is 4.01. The van der Waals surface area contributed by atoms with Crippen molar-refractivity contribution in [2.45, 2.75) is 31.1 Å². The summed E-state index contributed by atoms with van der Waals surface area (Å²) in [6.07, 6.45) is 1.76. The quantitative estimate of drug-likeness (QED) is 0.587. The van der Waals surface area contributed by atoms with Crippen molar-refractivity contribution in [3.05, 3.63) is 33.9 Å². The number of para-hydroxylation sites is 1. The summed E-state index contributed by atoms with van der Waals surface area (Å²) in [5.41, 5.74) is -0.346. The molecule has 1 rings (SSSR count). The highest BCUT2D eigenvalue weighted by molar-refractivity contribution is 7.90. The molecular weight excluding hydrogens is 270 g/mol. The van der Waals surface area contributed by atoms with E-state index in [0.29, 0.717) is 12.8 Å². The van der Waals surface area contributed by atoms with E-state index in [4.69, 9.17) is 0 Å². The van der Waals surface area contributed by atoms with E-state index in [-0.39, 0.29) is 22.7 Å².